The largest absolute Gasteiger partial charge is 0.482 e. The number of carbonyl (C=O) groups excluding carboxylic acids is 1. The van der Waals surface area contributed by atoms with Crippen LogP contribution in [0, 0.1) is 11.6 Å². The summed E-state index contributed by atoms with van der Waals surface area (Å²) in [6.07, 6.45) is 0.784. The summed E-state index contributed by atoms with van der Waals surface area (Å²) in [5.41, 5.74) is 1.13. The summed E-state index contributed by atoms with van der Waals surface area (Å²) in [6.45, 7) is 0.00110. The minimum atomic E-state index is -1.05. The molecule has 0 atom stereocenters. The molecule has 0 aliphatic carbocycles. The van der Waals surface area contributed by atoms with Gasteiger partial charge in [-0.05, 0) is 42.2 Å². The molecule has 0 unspecified atom stereocenters. The van der Waals surface area contributed by atoms with E-state index in [-0.39, 0.29) is 24.3 Å². The first-order valence-electron chi connectivity index (χ1n) is 8.09. The monoisotopic (exact) mass is 363 g/mol. The summed E-state index contributed by atoms with van der Waals surface area (Å²) < 4.78 is 31.6. The van der Waals surface area contributed by atoms with Crippen molar-refractivity contribution in [2.24, 2.45) is 0 Å². The molecule has 0 heterocycles. The lowest BCUT2D eigenvalue weighted by Crippen LogP contribution is -2.26. The highest BCUT2D eigenvalue weighted by Crippen LogP contribution is 2.14. The van der Waals surface area contributed by atoms with E-state index in [0.717, 1.165) is 11.6 Å². The summed E-state index contributed by atoms with van der Waals surface area (Å²) in [5.74, 6) is -2.66. The number of amides is 1. The maximum atomic E-state index is 13.5. The van der Waals surface area contributed by atoms with E-state index in [1.165, 1.54) is 12.1 Å². The molecule has 0 bridgehead atoms. The Kier molecular flexibility index (Phi) is 7.08. The lowest BCUT2D eigenvalue weighted by atomic mass is 10.1. The SMILES string of the molecule is O=C(O)COc1ccc(CCNC(=O)CCc2cccc(F)c2F)cc1. The maximum Gasteiger partial charge on any atom is 0.341 e. The van der Waals surface area contributed by atoms with Crippen LogP contribution in [0.2, 0.25) is 0 Å². The molecule has 138 valence electrons. The second-order valence-electron chi connectivity index (χ2n) is 5.64. The molecule has 0 spiro atoms. The van der Waals surface area contributed by atoms with Gasteiger partial charge in [0.25, 0.3) is 0 Å². The van der Waals surface area contributed by atoms with Crippen LogP contribution in [0.25, 0.3) is 0 Å². The van der Waals surface area contributed by atoms with Crippen LogP contribution in [-0.4, -0.2) is 30.1 Å². The zero-order valence-electron chi connectivity index (χ0n) is 14.0. The van der Waals surface area contributed by atoms with Crippen molar-refractivity contribution in [3.05, 3.63) is 65.2 Å². The quantitative estimate of drug-likeness (QED) is 0.718. The van der Waals surface area contributed by atoms with Crippen LogP contribution in [0.4, 0.5) is 8.78 Å². The van der Waals surface area contributed by atoms with Crippen LogP contribution in [0.3, 0.4) is 0 Å². The third-order valence-corrected chi connectivity index (χ3v) is 3.67. The van der Waals surface area contributed by atoms with Crippen molar-refractivity contribution in [3.63, 3.8) is 0 Å². The molecule has 0 aromatic heterocycles. The summed E-state index contributed by atoms with van der Waals surface area (Å²) in [6, 6.07) is 10.8. The molecule has 0 saturated carbocycles. The number of carbonyl (C=O) groups is 2. The van der Waals surface area contributed by atoms with Crippen molar-refractivity contribution in [1.82, 2.24) is 5.32 Å². The van der Waals surface area contributed by atoms with Gasteiger partial charge in [0.05, 0.1) is 0 Å². The number of carboxylic acid groups (broad SMARTS) is 1. The minimum absolute atomic E-state index is 0.0718. The molecule has 2 aromatic rings. The first kappa shape index (κ1) is 19.4. The molecule has 0 aliphatic heterocycles. The number of hydrogen-bond donors (Lipinski definition) is 2. The normalized spacial score (nSPS) is 10.4. The molecule has 0 fully saturated rings. The number of rotatable bonds is 9. The van der Waals surface area contributed by atoms with Crippen LogP contribution in [0.1, 0.15) is 17.5 Å². The predicted molar refractivity (Wildman–Crippen MR) is 91.0 cm³/mol. The standard InChI is InChI=1S/C19H19F2NO4/c20-16-3-1-2-14(19(16)21)6-9-17(23)22-11-10-13-4-7-15(8-5-13)26-12-18(24)25/h1-5,7-8H,6,9-12H2,(H,22,23)(H,24,25). The molecule has 5 nitrogen and oxygen atoms in total. The summed E-state index contributed by atoms with van der Waals surface area (Å²) >= 11 is 0. The van der Waals surface area contributed by atoms with Crippen molar-refractivity contribution in [1.29, 1.82) is 0 Å². The van der Waals surface area contributed by atoms with Gasteiger partial charge in [0.2, 0.25) is 5.91 Å². The van der Waals surface area contributed by atoms with Crippen LogP contribution < -0.4 is 10.1 Å². The minimum Gasteiger partial charge on any atom is -0.482 e. The van der Waals surface area contributed by atoms with E-state index in [9.17, 15) is 18.4 Å². The highest BCUT2D eigenvalue weighted by atomic mass is 19.2. The second kappa shape index (κ2) is 9.50. The van der Waals surface area contributed by atoms with Crippen molar-refractivity contribution < 1.29 is 28.2 Å². The van der Waals surface area contributed by atoms with Crippen molar-refractivity contribution in [2.75, 3.05) is 13.2 Å². The molecule has 2 rings (SSSR count). The number of aryl methyl sites for hydroxylation is 1. The van der Waals surface area contributed by atoms with Gasteiger partial charge in [-0.1, -0.05) is 24.3 Å². The van der Waals surface area contributed by atoms with E-state index in [4.69, 9.17) is 9.84 Å². The smallest absolute Gasteiger partial charge is 0.341 e. The van der Waals surface area contributed by atoms with Gasteiger partial charge in [0.15, 0.2) is 18.2 Å². The molecule has 1 amide bonds. The Labute approximate surface area is 149 Å². The second-order valence-corrected chi connectivity index (χ2v) is 5.64. The van der Waals surface area contributed by atoms with Crippen LogP contribution in [-0.2, 0) is 22.4 Å². The lowest BCUT2D eigenvalue weighted by molar-refractivity contribution is -0.139. The average molecular weight is 363 g/mol. The molecular formula is C19H19F2NO4. The Morgan fingerprint density at radius 2 is 1.77 bits per heavy atom. The molecule has 7 heteroatoms. The number of hydrogen-bond acceptors (Lipinski definition) is 3. The van der Waals surface area contributed by atoms with Gasteiger partial charge in [-0.3, -0.25) is 4.79 Å². The Hall–Kier alpha value is -2.96. The van der Waals surface area contributed by atoms with Gasteiger partial charge in [-0.25, -0.2) is 13.6 Å². The van der Waals surface area contributed by atoms with Gasteiger partial charge in [-0.2, -0.15) is 0 Å². The third kappa shape index (κ3) is 6.16. The van der Waals surface area contributed by atoms with Crippen molar-refractivity contribution in [2.45, 2.75) is 19.3 Å². The Balaban J connectivity index is 1.71. The molecule has 2 aromatic carbocycles. The molecule has 0 aliphatic rings. The third-order valence-electron chi connectivity index (χ3n) is 3.67. The fraction of sp³-hybridized carbons (Fsp3) is 0.263. The predicted octanol–water partition coefficient (Wildman–Crippen LogP) is 2.72. The zero-order valence-corrected chi connectivity index (χ0v) is 14.0. The molecule has 26 heavy (non-hydrogen) atoms. The van der Waals surface area contributed by atoms with Crippen molar-refractivity contribution >= 4 is 11.9 Å². The zero-order chi connectivity index (χ0) is 18.9. The Morgan fingerprint density at radius 1 is 1.04 bits per heavy atom. The molecule has 0 radical (unpaired) electrons. The first-order chi connectivity index (χ1) is 12.5. The Morgan fingerprint density at radius 3 is 2.46 bits per heavy atom. The van der Waals surface area contributed by atoms with Crippen LogP contribution >= 0.6 is 0 Å². The number of halogens is 2. The van der Waals surface area contributed by atoms with E-state index in [1.807, 2.05) is 0 Å². The summed E-state index contributed by atoms with van der Waals surface area (Å²) in [7, 11) is 0. The Bertz CT molecular complexity index is 763. The van der Waals surface area contributed by atoms with Gasteiger partial charge in [0, 0.05) is 13.0 Å². The highest BCUT2D eigenvalue weighted by Gasteiger charge is 2.09. The number of carboxylic acids is 1. The highest BCUT2D eigenvalue weighted by molar-refractivity contribution is 5.76. The van der Waals surface area contributed by atoms with Gasteiger partial charge >= 0.3 is 5.97 Å². The van der Waals surface area contributed by atoms with Gasteiger partial charge in [-0.15, -0.1) is 0 Å². The van der Waals surface area contributed by atoms with E-state index >= 15 is 0 Å². The van der Waals surface area contributed by atoms with Crippen LogP contribution in [0.15, 0.2) is 42.5 Å². The summed E-state index contributed by atoms with van der Waals surface area (Å²) in [4.78, 5) is 22.2. The van der Waals surface area contributed by atoms with Crippen molar-refractivity contribution in [3.8, 4) is 5.75 Å². The molecular weight excluding hydrogens is 344 g/mol. The topological polar surface area (TPSA) is 75.6 Å². The number of aliphatic carboxylic acids is 1. The molecule has 2 N–H and O–H groups in total. The first-order valence-corrected chi connectivity index (χ1v) is 8.09. The average Bonchev–Trinajstić information content (AvgIpc) is 2.62. The number of benzene rings is 2. The fourth-order valence-corrected chi connectivity index (χ4v) is 2.32. The van der Waals surface area contributed by atoms with E-state index in [0.29, 0.717) is 18.7 Å². The maximum absolute atomic E-state index is 13.5. The van der Waals surface area contributed by atoms with E-state index < -0.39 is 24.2 Å². The molecule has 0 saturated heterocycles. The van der Waals surface area contributed by atoms with Crippen LogP contribution in [0.5, 0.6) is 5.75 Å². The van der Waals surface area contributed by atoms with E-state index in [2.05, 4.69) is 5.32 Å². The van der Waals surface area contributed by atoms with E-state index in [1.54, 1.807) is 24.3 Å². The van der Waals surface area contributed by atoms with Gasteiger partial charge < -0.3 is 15.2 Å². The lowest BCUT2D eigenvalue weighted by Gasteiger charge is -2.07. The van der Waals surface area contributed by atoms with Gasteiger partial charge in [0.1, 0.15) is 5.75 Å². The summed E-state index contributed by atoms with van der Waals surface area (Å²) in [5, 5.41) is 11.3. The fourth-order valence-electron chi connectivity index (χ4n) is 2.32. The number of ether oxygens (including phenoxy) is 1. The number of nitrogens with one attached hydrogen (secondary N) is 1.